The molecule has 0 aliphatic rings. The predicted molar refractivity (Wildman–Crippen MR) is 70.6 cm³/mol. The number of amides is 1. The smallest absolute Gasteiger partial charge is 0.360 e. The van der Waals surface area contributed by atoms with Crippen molar-refractivity contribution < 1.29 is 18.8 Å². The number of ether oxygens (including phenoxy) is 1. The standard InChI is InChI=1S/C12H15N5O4/c1-4-20-12(19)11-8(3)17(16-14-11)6-9(18)13-10-5-7(2)15-21-10/h5H,4,6H2,1-3H3,(H,13,18). The van der Waals surface area contributed by atoms with E-state index in [4.69, 9.17) is 9.26 Å². The van der Waals surface area contributed by atoms with Crippen LogP contribution in [-0.4, -0.2) is 38.6 Å². The second-order valence-electron chi connectivity index (χ2n) is 4.28. The summed E-state index contributed by atoms with van der Waals surface area (Å²) >= 11 is 0. The molecule has 0 fully saturated rings. The van der Waals surface area contributed by atoms with Crippen molar-refractivity contribution in [3.8, 4) is 0 Å². The molecule has 112 valence electrons. The molecule has 21 heavy (non-hydrogen) atoms. The maximum Gasteiger partial charge on any atom is 0.360 e. The number of hydrogen-bond acceptors (Lipinski definition) is 7. The van der Waals surface area contributed by atoms with Crippen molar-refractivity contribution in [2.45, 2.75) is 27.3 Å². The number of rotatable bonds is 5. The SMILES string of the molecule is CCOC(=O)c1nnn(CC(=O)Nc2cc(C)no2)c1C. The summed E-state index contributed by atoms with van der Waals surface area (Å²) in [6, 6.07) is 1.59. The number of anilines is 1. The number of carbonyl (C=O) groups is 2. The fraction of sp³-hybridized carbons (Fsp3) is 0.417. The Morgan fingerprint density at radius 3 is 2.81 bits per heavy atom. The lowest BCUT2D eigenvalue weighted by Gasteiger charge is -2.03. The molecular weight excluding hydrogens is 278 g/mol. The van der Waals surface area contributed by atoms with E-state index in [1.165, 1.54) is 4.68 Å². The third-order valence-electron chi connectivity index (χ3n) is 2.64. The van der Waals surface area contributed by atoms with Crippen LogP contribution in [0.2, 0.25) is 0 Å². The highest BCUT2D eigenvalue weighted by molar-refractivity contribution is 5.90. The first kappa shape index (κ1) is 14.7. The van der Waals surface area contributed by atoms with Gasteiger partial charge in [0, 0.05) is 6.07 Å². The van der Waals surface area contributed by atoms with Crippen LogP contribution in [0.1, 0.15) is 28.8 Å². The minimum Gasteiger partial charge on any atom is -0.461 e. The number of nitrogens with zero attached hydrogens (tertiary/aromatic N) is 4. The first-order chi connectivity index (χ1) is 10.0. The van der Waals surface area contributed by atoms with Crippen LogP contribution < -0.4 is 5.32 Å². The van der Waals surface area contributed by atoms with Crippen LogP contribution in [0.4, 0.5) is 5.88 Å². The van der Waals surface area contributed by atoms with E-state index in [1.54, 1.807) is 26.8 Å². The summed E-state index contributed by atoms with van der Waals surface area (Å²) in [4.78, 5) is 23.4. The van der Waals surface area contributed by atoms with Gasteiger partial charge in [-0.3, -0.25) is 10.1 Å². The highest BCUT2D eigenvalue weighted by Crippen LogP contribution is 2.09. The number of carbonyl (C=O) groups excluding carboxylic acids is 2. The van der Waals surface area contributed by atoms with Crippen molar-refractivity contribution in [1.82, 2.24) is 20.2 Å². The molecule has 0 aromatic carbocycles. The van der Waals surface area contributed by atoms with Gasteiger partial charge >= 0.3 is 5.97 Å². The van der Waals surface area contributed by atoms with E-state index in [0.29, 0.717) is 11.4 Å². The highest BCUT2D eigenvalue weighted by atomic mass is 16.5. The summed E-state index contributed by atoms with van der Waals surface area (Å²) < 4.78 is 11.0. The van der Waals surface area contributed by atoms with Crippen molar-refractivity contribution >= 4 is 17.8 Å². The Hall–Kier alpha value is -2.71. The lowest BCUT2D eigenvalue weighted by atomic mass is 10.3. The van der Waals surface area contributed by atoms with Crippen LogP contribution in [0.5, 0.6) is 0 Å². The third-order valence-corrected chi connectivity index (χ3v) is 2.64. The van der Waals surface area contributed by atoms with Crippen LogP contribution in [0, 0.1) is 13.8 Å². The van der Waals surface area contributed by atoms with Gasteiger partial charge in [0.05, 0.1) is 18.0 Å². The van der Waals surface area contributed by atoms with Gasteiger partial charge in [-0.05, 0) is 20.8 Å². The zero-order valence-corrected chi connectivity index (χ0v) is 11.9. The van der Waals surface area contributed by atoms with E-state index < -0.39 is 5.97 Å². The van der Waals surface area contributed by atoms with Crippen molar-refractivity contribution in [2.24, 2.45) is 0 Å². The molecule has 0 spiro atoms. The zero-order chi connectivity index (χ0) is 15.4. The second kappa shape index (κ2) is 6.16. The Labute approximate surface area is 120 Å². The molecule has 9 heteroatoms. The molecule has 0 atom stereocenters. The maximum atomic E-state index is 11.8. The maximum absolute atomic E-state index is 11.8. The van der Waals surface area contributed by atoms with Gasteiger partial charge in [-0.1, -0.05) is 10.4 Å². The molecule has 2 aromatic heterocycles. The topological polar surface area (TPSA) is 112 Å². The van der Waals surface area contributed by atoms with Crippen LogP contribution in [0.15, 0.2) is 10.6 Å². The van der Waals surface area contributed by atoms with E-state index in [0.717, 1.165) is 0 Å². The molecular formula is C12H15N5O4. The minimum absolute atomic E-state index is 0.0974. The Kier molecular flexibility index (Phi) is 4.31. The second-order valence-corrected chi connectivity index (χ2v) is 4.28. The summed E-state index contributed by atoms with van der Waals surface area (Å²) in [5.41, 5.74) is 1.21. The molecule has 0 unspecified atom stereocenters. The Morgan fingerprint density at radius 2 is 2.19 bits per heavy atom. The van der Waals surface area contributed by atoms with Gasteiger partial charge in [-0.25, -0.2) is 9.48 Å². The van der Waals surface area contributed by atoms with Crippen LogP contribution in [-0.2, 0) is 16.1 Å². The molecule has 0 bridgehead atoms. The third kappa shape index (κ3) is 3.44. The highest BCUT2D eigenvalue weighted by Gasteiger charge is 2.19. The van der Waals surface area contributed by atoms with E-state index in [1.807, 2.05) is 0 Å². The summed E-state index contributed by atoms with van der Waals surface area (Å²) in [5, 5.41) is 13.7. The van der Waals surface area contributed by atoms with Crippen LogP contribution in [0.3, 0.4) is 0 Å². The van der Waals surface area contributed by atoms with Crippen molar-refractivity contribution in [2.75, 3.05) is 11.9 Å². The fourth-order valence-corrected chi connectivity index (χ4v) is 1.63. The van der Waals surface area contributed by atoms with Gasteiger partial charge in [0.25, 0.3) is 0 Å². The van der Waals surface area contributed by atoms with Gasteiger partial charge in [-0.15, -0.1) is 5.10 Å². The van der Waals surface area contributed by atoms with Gasteiger partial charge in [0.2, 0.25) is 11.8 Å². The van der Waals surface area contributed by atoms with Crippen LogP contribution in [0.25, 0.3) is 0 Å². The first-order valence-electron chi connectivity index (χ1n) is 6.31. The Balaban J connectivity index is 2.03. The number of aromatic nitrogens is 4. The van der Waals surface area contributed by atoms with E-state index in [2.05, 4.69) is 20.8 Å². The average Bonchev–Trinajstić information content (AvgIpc) is 2.97. The molecule has 0 saturated heterocycles. The number of aryl methyl sites for hydroxylation is 1. The Bertz CT molecular complexity index is 660. The molecule has 1 N–H and O–H groups in total. The summed E-state index contributed by atoms with van der Waals surface area (Å²) in [6.07, 6.45) is 0. The fourth-order valence-electron chi connectivity index (χ4n) is 1.63. The zero-order valence-electron chi connectivity index (χ0n) is 11.9. The molecule has 2 aromatic rings. The summed E-state index contributed by atoms with van der Waals surface area (Å²) in [5.74, 6) is -0.678. The van der Waals surface area contributed by atoms with Crippen LogP contribution >= 0.6 is 0 Å². The van der Waals surface area contributed by atoms with Crippen molar-refractivity contribution in [1.29, 1.82) is 0 Å². The molecule has 0 aliphatic heterocycles. The Morgan fingerprint density at radius 1 is 1.43 bits per heavy atom. The normalized spacial score (nSPS) is 10.4. The monoisotopic (exact) mass is 293 g/mol. The quantitative estimate of drug-likeness (QED) is 0.807. The molecule has 0 saturated carbocycles. The molecule has 1 amide bonds. The lowest BCUT2D eigenvalue weighted by molar-refractivity contribution is -0.117. The van der Waals surface area contributed by atoms with E-state index >= 15 is 0 Å². The van der Waals surface area contributed by atoms with E-state index in [-0.39, 0.29) is 30.6 Å². The predicted octanol–water partition coefficient (Wildman–Crippen LogP) is 0.698. The van der Waals surface area contributed by atoms with Gasteiger partial charge in [0.1, 0.15) is 6.54 Å². The number of nitrogens with one attached hydrogen (secondary N) is 1. The molecule has 0 radical (unpaired) electrons. The summed E-state index contributed by atoms with van der Waals surface area (Å²) in [6.45, 7) is 5.23. The molecule has 9 nitrogen and oxygen atoms in total. The lowest BCUT2D eigenvalue weighted by Crippen LogP contribution is -2.20. The van der Waals surface area contributed by atoms with Crippen molar-refractivity contribution in [3.05, 3.63) is 23.1 Å². The first-order valence-corrected chi connectivity index (χ1v) is 6.31. The van der Waals surface area contributed by atoms with Crippen molar-refractivity contribution in [3.63, 3.8) is 0 Å². The molecule has 2 heterocycles. The molecule has 2 rings (SSSR count). The minimum atomic E-state index is -0.562. The summed E-state index contributed by atoms with van der Waals surface area (Å²) in [7, 11) is 0. The van der Waals surface area contributed by atoms with Gasteiger partial charge in [-0.2, -0.15) is 0 Å². The molecule has 0 aliphatic carbocycles. The average molecular weight is 293 g/mol. The van der Waals surface area contributed by atoms with Gasteiger partial charge in [0.15, 0.2) is 5.69 Å². The number of esters is 1. The van der Waals surface area contributed by atoms with Gasteiger partial charge < -0.3 is 9.26 Å². The van der Waals surface area contributed by atoms with E-state index in [9.17, 15) is 9.59 Å². The largest absolute Gasteiger partial charge is 0.461 e. The number of hydrogen-bond donors (Lipinski definition) is 1.